The van der Waals surface area contributed by atoms with E-state index in [0.29, 0.717) is 22.7 Å². The molecular formula is C28H27ClN2O4. The molecule has 0 N–H and O–H groups in total. The van der Waals surface area contributed by atoms with Crippen LogP contribution < -0.4 is 9.64 Å². The summed E-state index contributed by atoms with van der Waals surface area (Å²) >= 11 is 6.00. The molecule has 6 nitrogen and oxygen atoms in total. The highest BCUT2D eigenvalue weighted by Crippen LogP contribution is 2.28. The lowest BCUT2D eigenvalue weighted by Gasteiger charge is -2.28. The summed E-state index contributed by atoms with van der Waals surface area (Å²) in [4.78, 5) is 42.6. The van der Waals surface area contributed by atoms with Gasteiger partial charge in [-0.25, -0.2) is 4.90 Å². The molecular weight excluding hydrogens is 464 g/mol. The smallest absolute Gasteiger partial charge is 0.257 e. The first-order valence-corrected chi connectivity index (χ1v) is 11.9. The Labute approximate surface area is 210 Å². The Hall–Kier alpha value is -3.64. The summed E-state index contributed by atoms with van der Waals surface area (Å²) < 4.78 is 5.21. The standard InChI is InChI=1S/C28H27ClN2O4/c1-3-19-4-12-23(13-5-19)31-26(32)18-25(28(31)34)30(27(33)21-8-10-22(29)11-9-21)17-16-20-6-14-24(35-2)15-7-20/h4-15,25H,3,16-18H2,1-2H3/t25-/m1/s1. The highest BCUT2D eigenvalue weighted by molar-refractivity contribution is 6.30. The van der Waals surface area contributed by atoms with Gasteiger partial charge in [0.2, 0.25) is 5.91 Å². The molecule has 0 spiro atoms. The van der Waals surface area contributed by atoms with Crippen LogP contribution in [0, 0.1) is 0 Å². The number of carbonyl (C=O) groups is 3. The molecule has 3 aromatic carbocycles. The Morgan fingerprint density at radius 1 is 0.971 bits per heavy atom. The van der Waals surface area contributed by atoms with Gasteiger partial charge in [-0.2, -0.15) is 0 Å². The third-order valence-corrected chi connectivity index (χ3v) is 6.51. The number of imide groups is 1. The van der Waals surface area contributed by atoms with Crippen molar-refractivity contribution >= 4 is 35.0 Å². The summed E-state index contributed by atoms with van der Waals surface area (Å²) in [5.74, 6) is -0.285. The largest absolute Gasteiger partial charge is 0.497 e. The molecule has 0 radical (unpaired) electrons. The monoisotopic (exact) mass is 490 g/mol. The Kier molecular flexibility index (Phi) is 7.51. The number of ether oxygens (including phenoxy) is 1. The molecule has 1 atom stereocenters. The van der Waals surface area contributed by atoms with Gasteiger partial charge < -0.3 is 9.64 Å². The van der Waals surface area contributed by atoms with Crippen LogP contribution in [0.5, 0.6) is 5.75 Å². The van der Waals surface area contributed by atoms with Gasteiger partial charge in [0.25, 0.3) is 11.8 Å². The molecule has 3 amide bonds. The molecule has 1 aliphatic heterocycles. The molecule has 7 heteroatoms. The van der Waals surface area contributed by atoms with Crippen LogP contribution in [0.25, 0.3) is 0 Å². The number of hydrogen-bond acceptors (Lipinski definition) is 4. The zero-order valence-electron chi connectivity index (χ0n) is 19.7. The van der Waals surface area contributed by atoms with Crippen molar-refractivity contribution in [1.29, 1.82) is 0 Å². The number of anilines is 1. The van der Waals surface area contributed by atoms with Crippen LogP contribution >= 0.6 is 11.6 Å². The first-order chi connectivity index (χ1) is 16.9. The first-order valence-electron chi connectivity index (χ1n) is 11.6. The van der Waals surface area contributed by atoms with Crippen LogP contribution in [0.4, 0.5) is 5.69 Å². The molecule has 0 unspecified atom stereocenters. The average Bonchev–Trinajstić information content (AvgIpc) is 3.18. The maximum absolute atomic E-state index is 13.5. The van der Waals surface area contributed by atoms with Gasteiger partial charge in [-0.1, -0.05) is 42.8 Å². The van der Waals surface area contributed by atoms with Gasteiger partial charge in [-0.05, 0) is 72.5 Å². The first kappa shape index (κ1) is 24.5. The number of carbonyl (C=O) groups excluding carboxylic acids is 3. The van der Waals surface area contributed by atoms with Crippen LogP contribution in [-0.2, 0) is 22.4 Å². The summed E-state index contributed by atoms with van der Waals surface area (Å²) in [5, 5.41) is 0.514. The molecule has 180 valence electrons. The zero-order valence-corrected chi connectivity index (χ0v) is 20.5. The molecule has 1 aliphatic rings. The Morgan fingerprint density at radius 3 is 2.20 bits per heavy atom. The fraction of sp³-hybridized carbons (Fsp3) is 0.250. The second kappa shape index (κ2) is 10.7. The predicted molar refractivity (Wildman–Crippen MR) is 136 cm³/mol. The van der Waals surface area contributed by atoms with Crippen molar-refractivity contribution in [2.45, 2.75) is 32.2 Å². The van der Waals surface area contributed by atoms with Crippen LogP contribution in [0.15, 0.2) is 72.8 Å². The van der Waals surface area contributed by atoms with Crippen molar-refractivity contribution in [1.82, 2.24) is 4.90 Å². The third kappa shape index (κ3) is 5.38. The molecule has 0 saturated carbocycles. The molecule has 1 fully saturated rings. The normalized spacial score (nSPS) is 15.4. The van der Waals surface area contributed by atoms with E-state index in [0.717, 1.165) is 23.3 Å². The highest BCUT2D eigenvalue weighted by Gasteiger charge is 2.44. The molecule has 35 heavy (non-hydrogen) atoms. The number of methoxy groups -OCH3 is 1. The number of rotatable bonds is 8. The minimum Gasteiger partial charge on any atom is -0.497 e. The lowest BCUT2D eigenvalue weighted by atomic mass is 10.1. The maximum Gasteiger partial charge on any atom is 0.257 e. The Morgan fingerprint density at radius 2 is 1.60 bits per heavy atom. The van der Waals surface area contributed by atoms with E-state index in [2.05, 4.69) is 0 Å². The number of nitrogens with zero attached hydrogens (tertiary/aromatic N) is 2. The molecule has 0 bridgehead atoms. The summed E-state index contributed by atoms with van der Waals surface area (Å²) in [7, 11) is 1.60. The van der Waals surface area contributed by atoms with E-state index in [4.69, 9.17) is 16.3 Å². The number of benzene rings is 3. The van der Waals surface area contributed by atoms with E-state index in [9.17, 15) is 14.4 Å². The van der Waals surface area contributed by atoms with Gasteiger partial charge in [0, 0.05) is 17.1 Å². The van der Waals surface area contributed by atoms with Crippen molar-refractivity contribution in [2.75, 3.05) is 18.6 Å². The molecule has 0 aromatic heterocycles. The molecule has 0 aliphatic carbocycles. The molecule has 4 rings (SSSR count). The number of amides is 3. The fourth-order valence-corrected chi connectivity index (χ4v) is 4.34. The molecule has 1 saturated heterocycles. The topological polar surface area (TPSA) is 66.9 Å². The number of aryl methyl sites for hydroxylation is 1. The number of hydrogen-bond donors (Lipinski definition) is 0. The summed E-state index contributed by atoms with van der Waals surface area (Å²) in [5.41, 5.74) is 3.04. The van der Waals surface area contributed by atoms with E-state index in [-0.39, 0.29) is 24.8 Å². The van der Waals surface area contributed by atoms with Crippen molar-refractivity contribution in [3.05, 3.63) is 94.5 Å². The minimum absolute atomic E-state index is 0.0592. The minimum atomic E-state index is -0.880. The van der Waals surface area contributed by atoms with Gasteiger partial charge in [-0.3, -0.25) is 14.4 Å². The van der Waals surface area contributed by atoms with Crippen LogP contribution in [-0.4, -0.2) is 42.3 Å². The fourth-order valence-electron chi connectivity index (χ4n) is 4.21. The Balaban J connectivity index is 1.61. The SMILES string of the molecule is CCc1ccc(N2C(=O)C[C@@H](N(CCc3ccc(OC)cc3)C(=O)c3ccc(Cl)cc3)C2=O)cc1. The van der Waals surface area contributed by atoms with Crippen LogP contribution in [0.1, 0.15) is 34.8 Å². The van der Waals surface area contributed by atoms with E-state index in [1.165, 1.54) is 9.80 Å². The summed E-state index contributed by atoms with van der Waals surface area (Å²) in [6.45, 7) is 2.32. The second-order valence-electron chi connectivity index (χ2n) is 8.41. The van der Waals surface area contributed by atoms with Crippen molar-refractivity contribution in [3.63, 3.8) is 0 Å². The quantitative estimate of drug-likeness (QED) is 0.420. The van der Waals surface area contributed by atoms with Crippen molar-refractivity contribution in [3.8, 4) is 5.75 Å². The molecule has 3 aromatic rings. The predicted octanol–water partition coefficient (Wildman–Crippen LogP) is 4.93. The van der Waals surface area contributed by atoms with Crippen LogP contribution in [0.2, 0.25) is 5.02 Å². The van der Waals surface area contributed by atoms with E-state index in [1.54, 1.807) is 43.5 Å². The van der Waals surface area contributed by atoms with Gasteiger partial charge in [0.05, 0.1) is 19.2 Å². The summed E-state index contributed by atoms with van der Waals surface area (Å²) in [6, 6.07) is 20.6. The van der Waals surface area contributed by atoms with Gasteiger partial charge in [0.15, 0.2) is 0 Å². The van der Waals surface area contributed by atoms with Crippen LogP contribution in [0.3, 0.4) is 0 Å². The molecule has 1 heterocycles. The van der Waals surface area contributed by atoms with E-state index >= 15 is 0 Å². The lowest BCUT2D eigenvalue weighted by Crippen LogP contribution is -2.46. The third-order valence-electron chi connectivity index (χ3n) is 6.25. The average molecular weight is 491 g/mol. The van der Waals surface area contributed by atoms with Gasteiger partial charge in [-0.15, -0.1) is 0 Å². The van der Waals surface area contributed by atoms with Gasteiger partial charge in [0.1, 0.15) is 11.8 Å². The van der Waals surface area contributed by atoms with Gasteiger partial charge >= 0.3 is 0 Å². The zero-order chi connectivity index (χ0) is 24.9. The van der Waals surface area contributed by atoms with E-state index < -0.39 is 11.9 Å². The lowest BCUT2D eigenvalue weighted by molar-refractivity contribution is -0.122. The maximum atomic E-state index is 13.5. The van der Waals surface area contributed by atoms with Crippen molar-refractivity contribution in [2.24, 2.45) is 0 Å². The summed E-state index contributed by atoms with van der Waals surface area (Å²) in [6.07, 6.45) is 1.32. The van der Waals surface area contributed by atoms with Crippen molar-refractivity contribution < 1.29 is 19.1 Å². The highest BCUT2D eigenvalue weighted by atomic mass is 35.5. The second-order valence-corrected chi connectivity index (χ2v) is 8.85. The van der Waals surface area contributed by atoms with E-state index in [1.807, 2.05) is 43.3 Å². The Bertz CT molecular complexity index is 1210. The number of halogens is 1.